The minimum Gasteiger partial charge on any atom is -0.497 e. The lowest BCUT2D eigenvalue weighted by molar-refractivity contribution is -0.113. The zero-order valence-electron chi connectivity index (χ0n) is 19.4. The number of nitrogens with one attached hydrogen (secondary N) is 1. The molecule has 1 saturated heterocycles. The Balaban J connectivity index is 1.27. The number of hydrogen-bond acceptors (Lipinski definition) is 8. The number of para-hydroxylation sites is 2. The number of carbonyl (C=O) groups is 1. The molecular weight excluding hydrogens is 450 g/mol. The Morgan fingerprint density at radius 2 is 1.79 bits per heavy atom. The maximum absolute atomic E-state index is 12.3. The molecule has 2 aromatic carbocycles. The Labute approximate surface area is 204 Å². The van der Waals surface area contributed by atoms with Crippen molar-refractivity contribution in [3.8, 4) is 11.5 Å². The van der Waals surface area contributed by atoms with E-state index in [0.29, 0.717) is 23.1 Å². The van der Waals surface area contributed by atoms with Crippen LogP contribution in [0.5, 0.6) is 11.5 Å². The highest BCUT2D eigenvalue weighted by Gasteiger charge is 2.21. The number of thioether (sulfide) groups is 1. The van der Waals surface area contributed by atoms with Crippen LogP contribution in [0.1, 0.15) is 6.92 Å². The fraction of sp³-hybridized carbons (Fsp3) is 0.320. The van der Waals surface area contributed by atoms with Crippen LogP contribution in [-0.2, 0) is 4.79 Å². The van der Waals surface area contributed by atoms with Crippen LogP contribution < -0.4 is 24.6 Å². The summed E-state index contributed by atoms with van der Waals surface area (Å²) < 4.78 is 11.0. The van der Waals surface area contributed by atoms with Gasteiger partial charge in [0.05, 0.1) is 25.2 Å². The van der Waals surface area contributed by atoms with Crippen LogP contribution >= 0.6 is 11.8 Å². The van der Waals surface area contributed by atoms with Crippen LogP contribution in [0.15, 0.2) is 65.7 Å². The lowest BCUT2D eigenvalue weighted by atomic mass is 10.2. The topological polar surface area (TPSA) is 79.8 Å². The molecule has 9 heteroatoms. The van der Waals surface area contributed by atoms with Crippen molar-refractivity contribution in [2.45, 2.75) is 11.9 Å². The van der Waals surface area contributed by atoms with Gasteiger partial charge < -0.3 is 24.6 Å². The molecule has 1 amide bonds. The van der Waals surface area contributed by atoms with Gasteiger partial charge in [0.25, 0.3) is 0 Å². The molecule has 2 heterocycles. The Bertz CT molecular complexity index is 1090. The molecule has 1 N–H and O–H groups in total. The molecule has 0 spiro atoms. The number of methoxy groups -OCH3 is 1. The second-order valence-electron chi connectivity index (χ2n) is 7.67. The normalized spacial score (nSPS) is 13.5. The number of rotatable bonds is 9. The summed E-state index contributed by atoms with van der Waals surface area (Å²) in [4.78, 5) is 16.8. The molecule has 0 radical (unpaired) electrons. The molecule has 178 valence electrons. The smallest absolute Gasteiger partial charge is 0.234 e. The first kappa shape index (κ1) is 23.7. The molecule has 34 heavy (non-hydrogen) atoms. The maximum atomic E-state index is 12.3. The van der Waals surface area contributed by atoms with E-state index >= 15 is 0 Å². The summed E-state index contributed by atoms with van der Waals surface area (Å²) in [5.74, 6) is 2.63. The van der Waals surface area contributed by atoms with E-state index in [0.717, 1.165) is 43.4 Å². The van der Waals surface area contributed by atoms with Crippen LogP contribution in [0.3, 0.4) is 0 Å². The second kappa shape index (κ2) is 11.6. The summed E-state index contributed by atoms with van der Waals surface area (Å²) in [5.41, 5.74) is 1.84. The van der Waals surface area contributed by atoms with Crippen molar-refractivity contribution in [2.24, 2.45) is 0 Å². The van der Waals surface area contributed by atoms with E-state index in [1.165, 1.54) is 11.8 Å². The zero-order valence-corrected chi connectivity index (χ0v) is 20.3. The molecular formula is C25H29N5O3S. The molecule has 1 aromatic heterocycles. The molecule has 8 nitrogen and oxygen atoms in total. The Morgan fingerprint density at radius 3 is 2.53 bits per heavy atom. The number of aromatic nitrogens is 2. The summed E-state index contributed by atoms with van der Waals surface area (Å²) in [6, 6.07) is 19.3. The molecule has 0 aliphatic carbocycles. The van der Waals surface area contributed by atoms with Crippen LogP contribution in [0.25, 0.3) is 0 Å². The zero-order chi connectivity index (χ0) is 23.8. The van der Waals surface area contributed by atoms with Gasteiger partial charge in [-0.25, -0.2) is 0 Å². The van der Waals surface area contributed by atoms with Crippen molar-refractivity contribution in [2.75, 3.05) is 60.8 Å². The van der Waals surface area contributed by atoms with E-state index in [1.807, 2.05) is 55.5 Å². The SMILES string of the molecule is CCOc1ccccc1N1CCN(c2ccc(SCC(=O)Nc3cccc(OC)c3)nn2)CC1. The number of ether oxygens (including phenoxy) is 2. The highest BCUT2D eigenvalue weighted by molar-refractivity contribution is 7.99. The van der Waals surface area contributed by atoms with E-state index < -0.39 is 0 Å². The van der Waals surface area contributed by atoms with Crippen LogP contribution in [-0.4, -0.2) is 61.8 Å². The highest BCUT2D eigenvalue weighted by atomic mass is 32.2. The summed E-state index contributed by atoms with van der Waals surface area (Å²) in [7, 11) is 1.60. The summed E-state index contributed by atoms with van der Waals surface area (Å²) in [5, 5.41) is 12.3. The summed E-state index contributed by atoms with van der Waals surface area (Å²) in [6.45, 7) is 6.12. The standard InChI is InChI=1S/C25H29N5O3S/c1-3-33-22-10-5-4-9-21(22)29-13-15-30(16-14-29)23-11-12-25(28-27-23)34-18-24(31)26-19-7-6-8-20(17-19)32-2/h4-12,17H,3,13-16,18H2,1-2H3,(H,26,31). The van der Waals surface area contributed by atoms with Crippen molar-refractivity contribution in [1.82, 2.24) is 10.2 Å². The molecule has 0 unspecified atom stereocenters. The van der Waals surface area contributed by atoms with E-state index in [2.05, 4.69) is 31.4 Å². The Hall–Kier alpha value is -3.46. The Morgan fingerprint density at radius 1 is 1.00 bits per heavy atom. The monoisotopic (exact) mass is 479 g/mol. The Kier molecular flexibility index (Phi) is 8.08. The van der Waals surface area contributed by atoms with E-state index in [-0.39, 0.29) is 11.7 Å². The van der Waals surface area contributed by atoms with Crippen molar-refractivity contribution in [3.63, 3.8) is 0 Å². The molecule has 1 aliphatic rings. The fourth-order valence-electron chi connectivity index (χ4n) is 3.77. The molecule has 0 bridgehead atoms. The van der Waals surface area contributed by atoms with E-state index in [9.17, 15) is 4.79 Å². The molecule has 1 aliphatic heterocycles. The third-order valence-corrected chi connectivity index (χ3v) is 6.36. The first-order valence-corrected chi connectivity index (χ1v) is 12.3. The molecule has 3 aromatic rings. The largest absolute Gasteiger partial charge is 0.497 e. The minimum absolute atomic E-state index is 0.104. The number of hydrogen-bond donors (Lipinski definition) is 1. The van der Waals surface area contributed by atoms with Crippen LogP contribution in [0, 0.1) is 0 Å². The minimum atomic E-state index is -0.104. The third kappa shape index (κ3) is 6.11. The number of amides is 1. The lowest BCUT2D eigenvalue weighted by Gasteiger charge is -2.37. The predicted molar refractivity (Wildman–Crippen MR) is 136 cm³/mol. The summed E-state index contributed by atoms with van der Waals surface area (Å²) in [6.07, 6.45) is 0. The van der Waals surface area contributed by atoms with Crippen molar-refractivity contribution < 1.29 is 14.3 Å². The first-order chi connectivity index (χ1) is 16.7. The van der Waals surface area contributed by atoms with Gasteiger partial charge in [0.15, 0.2) is 5.82 Å². The van der Waals surface area contributed by atoms with Crippen molar-refractivity contribution in [3.05, 3.63) is 60.7 Å². The summed E-state index contributed by atoms with van der Waals surface area (Å²) >= 11 is 1.36. The maximum Gasteiger partial charge on any atom is 0.234 e. The van der Waals surface area contributed by atoms with Gasteiger partial charge in [-0.1, -0.05) is 30.0 Å². The van der Waals surface area contributed by atoms with Gasteiger partial charge in [-0.05, 0) is 43.3 Å². The van der Waals surface area contributed by atoms with Crippen molar-refractivity contribution in [1.29, 1.82) is 0 Å². The third-order valence-electron chi connectivity index (χ3n) is 5.44. The molecule has 0 saturated carbocycles. The average Bonchev–Trinajstić information content (AvgIpc) is 2.88. The predicted octanol–water partition coefficient (Wildman–Crippen LogP) is 3.94. The number of carbonyl (C=O) groups excluding carboxylic acids is 1. The van der Waals surface area contributed by atoms with E-state index in [4.69, 9.17) is 9.47 Å². The number of anilines is 3. The second-order valence-corrected chi connectivity index (χ2v) is 8.67. The highest BCUT2D eigenvalue weighted by Crippen LogP contribution is 2.29. The van der Waals surface area contributed by atoms with Gasteiger partial charge >= 0.3 is 0 Å². The molecule has 0 atom stereocenters. The van der Waals surface area contributed by atoms with Crippen LogP contribution in [0.2, 0.25) is 0 Å². The van der Waals surface area contributed by atoms with Gasteiger partial charge in [0, 0.05) is 37.9 Å². The van der Waals surface area contributed by atoms with Gasteiger partial charge in [0.2, 0.25) is 5.91 Å². The van der Waals surface area contributed by atoms with Gasteiger partial charge in [-0.2, -0.15) is 0 Å². The number of nitrogens with zero attached hydrogens (tertiary/aromatic N) is 4. The van der Waals surface area contributed by atoms with Gasteiger partial charge in [0.1, 0.15) is 16.5 Å². The van der Waals surface area contributed by atoms with Crippen LogP contribution in [0.4, 0.5) is 17.2 Å². The quantitative estimate of drug-likeness (QED) is 0.463. The lowest BCUT2D eigenvalue weighted by Crippen LogP contribution is -2.47. The average molecular weight is 480 g/mol. The first-order valence-electron chi connectivity index (χ1n) is 11.3. The number of benzene rings is 2. The van der Waals surface area contributed by atoms with Crippen molar-refractivity contribution >= 4 is 34.9 Å². The molecule has 4 rings (SSSR count). The van der Waals surface area contributed by atoms with Gasteiger partial charge in [-0.3, -0.25) is 4.79 Å². The fourth-order valence-corrected chi connectivity index (χ4v) is 4.38. The van der Waals surface area contributed by atoms with E-state index in [1.54, 1.807) is 13.2 Å². The molecule has 1 fully saturated rings. The van der Waals surface area contributed by atoms with Gasteiger partial charge in [-0.15, -0.1) is 10.2 Å². The number of piperazine rings is 1.